The molecule has 0 spiro atoms. The van der Waals surface area contributed by atoms with Crippen LogP contribution in [0.15, 0.2) is 24.3 Å². The lowest BCUT2D eigenvalue weighted by atomic mass is 10.0. The fraction of sp³-hybridized carbons (Fsp3) is 0.611. The van der Waals surface area contributed by atoms with Crippen LogP contribution in [0.4, 0.5) is 0 Å². The summed E-state index contributed by atoms with van der Waals surface area (Å²) >= 11 is 0. The number of carbonyl (C=O) groups is 1. The molecule has 148 valence electrons. The topological polar surface area (TPSA) is 62.8 Å². The fourth-order valence-electron chi connectivity index (χ4n) is 3.48. The van der Waals surface area contributed by atoms with Crippen molar-refractivity contribution < 1.29 is 14.3 Å². The van der Waals surface area contributed by atoms with E-state index in [1.165, 1.54) is 12.8 Å². The van der Waals surface area contributed by atoms with E-state index in [1.54, 1.807) is 7.11 Å². The van der Waals surface area contributed by atoms with E-state index in [2.05, 4.69) is 21.6 Å². The molecule has 0 bridgehead atoms. The zero-order valence-corrected chi connectivity index (χ0v) is 16.7. The third-order valence-electron chi connectivity index (χ3n) is 4.77. The Morgan fingerprint density at radius 3 is 2.73 bits per heavy atom. The van der Waals surface area contributed by atoms with Crippen LogP contribution in [0.1, 0.15) is 24.4 Å². The second kappa shape index (κ2) is 11.6. The first-order valence-corrected chi connectivity index (χ1v) is 8.76. The lowest BCUT2D eigenvalue weighted by molar-refractivity contribution is -0.134. The van der Waals surface area contributed by atoms with Gasteiger partial charge in [0.25, 0.3) is 5.91 Å². The molecule has 1 aromatic rings. The van der Waals surface area contributed by atoms with Crippen molar-refractivity contribution in [1.29, 1.82) is 0 Å². The minimum absolute atomic E-state index is 0. The first-order chi connectivity index (χ1) is 11.8. The van der Waals surface area contributed by atoms with Crippen LogP contribution in [0.25, 0.3) is 0 Å². The highest BCUT2D eigenvalue weighted by Gasteiger charge is 2.28. The monoisotopic (exact) mass is 405 g/mol. The highest BCUT2D eigenvalue weighted by Crippen LogP contribution is 2.31. The van der Waals surface area contributed by atoms with Crippen molar-refractivity contribution in [1.82, 2.24) is 15.5 Å². The van der Waals surface area contributed by atoms with Gasteiger partial charge >= 0.3 is 0 Å². The molecule has 2 saturated heterocycles. The van der Waals surface area contributed by atoms with Crippen LogP contribution in [0.5, 0.6) is 5.75 Å². The molecule has 2 atom stereocenters. The van der Waals surface area contributed by atoms with E-state index < -0.39 is 6.10 Å². The van der Waals surface area contributed by atoms with Crippen molar-refractivity contribution in [3.8, 4) is 5.75 Å². The second-order valence-corrected chi connectivity index (χ2v) is 6.31. The summed E-state index contributed by atoms with van der Waals surface area (Å²) in [4.78, 5) is 14.8. The van der Waals surface area contributed by atoms with Gasteiger partial charge in [-0.15, -0.1) is 24.8 Å². The van der Waals surface area contributed by atoms with E-state index in [0.29, 0.717) is 19.7 Å². The minimum Gasteiger partial charge on any atom is -0.496 e. The molecule has 0 radical (unpaired) electrons. The number of para-hydroxylation sites is 1. The van der Waals surface area contributed by atoms with Crippen LogP contribution in [0.2, 0.25) is 0 Å². The van der Waals surface area contributed by atoms with E-state index in [1.807, 2.05) is 18.2 Å². The number of methoxy groups -OCH3 is 1. The normalized spacial score (nSPS) is 21.2. The molecule has 2 aliphatic rings. The Balaban J connectivity index is 0.00000169. The summed E-state index contributed by atoms with van der Waals surface area (Å²) < 4.78 is 11.1. The number of ether oxygens (including phenoxy) is 2. The molecule has 26 heavy (non-hydrogen) atoms. The Bertz CT molecular complexity index is 550. The summed E-state index contributed by atoms with van der Waals surface area (Å²) in [5, 5.41) is 6.27. The van der Waals surface area contributed by atoms with Gasteiger partial charge in [0, 0.05) is 25.2 Å². The lowest BCUT2D eigenvalue weighted by Crippen LogP contribution is -2.49. The number of likely N-dealkylation sites (tertiary alicyclic amines) is 1. The highest BCUT2D eigenvalue weighted by molar-refractivity contribution is 5.85. The molecule has 2 aliphatic heterocycles. The Labute approximate surface area is 167 Å². The largest absolute Gasteiger partial charge is 0.496 e. The predicted octanol–water partition coefficient (Wildman–Crippen LogP) is 1.78. The number of morpholine rings is 1. The molecule has 6 nitrogen and oxygen atoms in total. The summed E-state index contributed by atoms with van der Waals surface area (Å²) in [6, 6.07) is 8.20. The summed E-state index contributed by atoms with van der Waals surface area (Å²) in [6.07, 6.45) is 2.01. The minimum atomic E-state index is -0.393. The molecule has 8 heteroatoms. The third-order valence-corrected chi connectivity index (χ3v) is 4.77. The van der Waals surface area contributed by atoms with Gasteiger partial charge in [-0.25, -0.2) is 0 Å². The van der Waals surface area contributed by atoms with Crippen LogP contribution in [-0.4, -0.2) is 63.4 Å². The van der Waals surface area contributed by atoms with Crippen molar-refractivity contribution in [3.63, 3.8) is 0 Å². The quantitative estimate of drug-likeness (QED) is 0.754. The summed E-state index contributed by atoms with van der Waals surface area (Å²) in [5.74, 6) is 0.834. The van der Waals surface area contributed by atoms with Crippen molar-refractivity contribution in [2.45, 2.75) is 25.0 Å². The lowest BCUT2D eigenvalue weighted by Gasteiger charge is -2.30. The van der Waals surface area contributed by atoms with Gasteiger partial charge in [0.15, 0.2) is 0 Å². The van der Waals surface area contributed by atoms with E-state index in [-0.39, 0.29) is 36.8 Å². The Kier molecular flexibility index (Phi) is 10.3. The maximum Gasteiger partial charge on any atom is 0.250 e. The molecule has 0 aromatic heterocycles. The van der Waals surface area contributed by atoms with Crippen molar-refractivity contribution in [3.05, 3.63) is 29.8 Å². The SMILES string of the molecule is COc1ccccc1C(CNC(=O)C1CNCCO1)N1CCCC1.Cl.Cl. The van der Waals surface area contributed by atoms with Gasteiger partial charge in [0.2, 0.25) is 0 Å². The number of nitrogens with zero attached hydrogens (tertiary/aromatic N) is 1. The van der Waals surface area contributed by atoms with Crippen LogP contribution >= 0.6 is 24.8 Å². The predicted molar refractivity (Wildman–Crippen MR) is 107 cm³/mol. The van der Waals surface area contributed by atoms with E-state index in [4.69, 9.17) is 9.47 Å². The van der Waals surface area contributed by atoms with Crippen molar-refractivity contribution in [2.24, 2.45) is 0 Å². The molecular formula is C18H29Cl2N3O3. The number of amides is 1. The van der Waals surface area contributed by atoms with Crippen LogP contribution in [0.3, 0.4) is 0 Å². The molecule has 2 unspecified atom stereocenters. The van der Waals surface area contributed by atoms with Crippen LogP contribution in [-0.2, 0) is 9.53 Å². The van der Waals surface area contributed by atoms with Gasteiger partial charge in [0.05, 0.1) is 19.8 Å². The number of nitrogens with one attached hydrogen (secondary N) is 2. The zero-order valence-electron chi connectivity index (χ0n) is 15.1. The average molecular weight is 406 g/mol. The molecule has 2 N–H and O–H groups in total. The average Bonchev–Trinajstić information content (AvgIpc) is 3.17. The molecule has 1 amide bonds. The molecule has 1 aromatic carbocycles. The van der Waals surface area contributed by atoms with Crippen LogP contribution in [0, 0.1) is 0 Å². The van der Waals surface area contributed by atoms with Gasteiger partial charge in [-0.2, -0.15) is 0 Å². The molecule has 3 rings (SSSR count). The van der Waals surface area contributed by atoms with Gasteiger partial charge in [-0.3, -0.25) is 9.69 Å². The molecule has 2 fully saturated rings. The van der Waals surface area contributed by atoms with E-state index >= 15 is 0 Å². The summed E-state index contributed by atoms with van der Waals surface area (Å²) in [7, 11) is 1.69. The Morgan fingerprint density at radius 1 is 1.35 bits per heavy atom. The van der Waals surface area contributed by atoms with Crippen molar-refractivity contribution in [2.75, 3.05) is 46.4 Å². The van der Waals surface area contributed by atoms with Gasteiger partial charge in [-0.05, 0) is 32.0 Å². The van der Waals surface area contributed by atoms with Gasteiger partial charge in [0.1, 0.15) is 11.9 Å². The Hall–Kier alpha value is -1.05. The molecule has 2 heterocycles. The van der Waals surface area contributed by atoms with E-state index in [0.717, 1.165) is 30.9 Å². The fourth-order valence-corrected chi connectivity index (χ4v) is 3.48. The number of hydrogen-bond acceptors (Lipinski definition) is 5. The van der Waals surface area contributed by atoms with Gasteiger partial charge in [-0.1, -0.05) is 18.2 Å². The molecular weight excluding hydrogens is 377 g/mol. The number of halogens is 2. The highest BCUT2D eigenvalue weighted by atomic mass is 35.5. The first-order valence-electron chi connectivity index (χ1n) is 8.76. The molecule has 0 saturated carbocycles. The second-order valence-electron chi connectivity index (χ2n) is 6.31. The molecule has 0 aliphatic carbocycles. The van der Waals surface area contributed by atoms with Crippen molar-refractivity contribution >= 4 is 30.7 Å². The number of benzene rings is 1. The number of carbonyl (C=O) groups excluding carboxylic acids is 1. The first kappa shape index (κ1) is 23.0. The van der Waals surface area contributed by atoms with E-state index in [9.17, 15) is 4.79 Å². The number of hydrogen-bond donors (Lipinski definition) is 2. The maximum absolute atomic E-state index is 12.4. The number of rotatable bonds is 6. The summed E-state index contributed by atoms with van der Waals surface area (Å²) in [5.41, 5.74) is 1.13. The maximum atomic E-state index is 12.4. The standard InChI is InChI=1S/C18H27N3O3.2ClH/c1-23-16-7-3-2-6-14(16)15(21-9-4-5-10-21)12-20-18(22)17-13-19-8-11-24-17;;/h2-3,6-7,15,17,19H,4-5,8-13H2,1H3,(H,20,22);2*1H. The third kappa shape index (κ3) is 5.72. The zero-order chi connectivity index (χ0) is 16.8. The summed E-state index contributed by atoms with van der Waals surface area (Å²) in [6.45, 7) is 4.65. The van der Waals surface area contributed by atoms with Crippen LogP contribution < -0.4 is 15.4 Å². The Morgan fingerprint density at radius 2 is 2.08 bits per heavy atom. The smallest absolute Gasteiger partial charge is 0.250 e. The van der Waals surface area contributed by atoms with Gasteiger partial charge < -0.3 is 20.1 Å².